The van der Waals surface area contributed by atoms with Crippen molar-refractivity contribution < 1.29 is 19.1 Å². The zero-order valence-electron chi connectivity index (χ0n) is 11.6. The van der Waals surface area contributed by atoms with Crippen LogP contribution in [0.1, 0.15) is 18.4 Å². The first-order valence-corrected chi connectivity index (χ1v) is 6.74. The molecular weight excluding hydrogens is 258 g/mol. The van der Waals surface area contributed by atoms with E-state index in [4.69, 9.17) is 9.47 Å². The van der Waals surface area contributed by atoms with Gasteiger partial charge in [0.05, 0.1) is 13.0 Å². The van der Waals surface area contributed by atoms with Gasteiger partial charge in [0.15, 0.2) is 0 Å². The van der Waals surface area contributed by atoms with Crippen LogP contribution in [0, 0.1) is 5.92 Å². The van der Waals surface area contributed by atoms with Crippen molar-refractivity contribution in [2.75, 3.05) is 20.2 Å². The molecule has 0 saturated carbocycles. The van der Waals surface area contributed by atoms with Crippen LogP contribution in [0.5, 0.6) is 0 Å². The Morgan fingerprint density at radius 2 is 2.05 bits per heavy atom. The average Bonchev–Trinajstić information content (AvgIpc) is 2.53. The summed E-state index contributed by atoms with van der Waals surface area (Å²) in [5.41, 5.74) is 0.947. The van der Waals surface area contributed by atoms with Gasteiger partial charge in [-0.3, -0.25) is 4.79 Å². The van der Waals surface area contributed by atoms with Crippen LogP contribution in [0.15, 0.2) is 30.3 Å². The number of likely N-dealkylation sites (tertiary alicyclic amines) is 1. The van der Waals surface area contributed by atoms with Gasteiger partial charge in [-0.2, -0.15) is 0 Å². The van der Waals surface area contributed by atoms with E-state index in [2.05, 4.69) is 0 Å². The second-order valence-electron chi connectivity index (χ2n) is 4.85. The number of carbonyl (C=O) groups is 2. The molecule has 1 aliphatic heterocycles. The zero-order valence-corrected chi connectivity index (χ0v) is 11.6. The van der Waals surface area contributed by atoms with Crippen LogP contribution in [0.3, 0.4) is 0 Å². The van der Waals surface area contributed by atoms with Crippen LogP contribution < -0.4 is 0 Å². The molecule has 5 nitrogen and oxygen atoms in total. The Balaban J connectivity index is 1.84. The lowest BCUT2D eigenvalue weighted by Gasteiger charge is -2.30. The molecule has 1 fully saturated rings. The van der Waals surface area contributed by atoms with E-state index in [0.717, 1.165) is 18.4 Å². The van der Waals surface area contributed by atoms with E-state index >= 15 is 0 Å². The highest BCUT2D eigenvalue weighted by Crippen LogP contribution is 2.18. The van der Waals surface area contributed by atoms with Gasteiger partial charge < -0.3 is 14.4 Å². The fourth-order valence-electron chi connectivity index (χ4n) is 2.31. The maximum atomic E-state index is 12.0. The van der Waals surface area contributed by atoms with Crippen LogP contribution in [0.25, 0.3) is 0 Å². The lowest BCUT2D eigenvalue weighted by atomic mass is 9.99. The van der Waals surface area contributed by atoms with Gasteiger partial charge in [-0.05, 0) is 18.4 Å². The fourth-order valence-corrected chi connectivity index (χ4v) is 2.31. The molecule has 1 atom stereocenters. The molecule has 20 heavy (non-hydrogen) atoms. The second-order valence-corrected chi connectivity index (χ2v) is 4.85. The Labute approximate surface area is 118 Å². The van der Waals surface area contributed by atoms with Crippen molar-refractivity contribution in [3.05, 3.63) is 35.9 Å². The Morgan fingerprint density at radius 3 is 2.75 bits per heavy atom. The van der Waals surface area contributed by atoms with Gasteiger partial charge in [0.2, 0.25) is 0 Å². The third kappa shape index (κ3) is 3.73. The number of hydrogen-bond donors (Lipinski definition) is 0. The molecule has 5 heteroatoms. The van der Waals surface area contributed by atoms with Crippen LogP contribution >= 0.6 is 0 Å². The Hall–Kier alpha value is -2.04. The van der Waals surface area contributed by atoms with Gasteiger partial charge in [0.25, 0.3) is 0 Å². The highest BCUT2D eigenvalue weighted by molar-refractivity contribution is 5.74. The van der Waals surface area contributed by atoms with E-state index in [-0.39, 0.29) is 24.6 Å². The summed E-state index contributed by atoms with van der Waals surface area (Å²) in [5.74, 6) is -0.497. The molecule has 0 bridgehead atoms. The summed E-state index contributed by atoms with van der Waals surface area (Å²) in [7, 11) is 1.37. The van der Waals surface area contributed by atoms with Gasteiger partial charge >= 0.3 is 12.1 Å². The summed E-state index contributed by atoms with van der Waals surface area (Å²) >= 11 is 0. The van der Waals surface area contributed by atoms with Crippen molar-refractivity contribution in [2.24, 2.45) is 5.92 Å². The zero-order chi connectivity index (χ0) is 14.4. The van der Waals surface area contributed by atoms with Gasteiger partial charge in [0, 0.05) is 13.1 Å². The Morgan fingerprint density at radius 1 is 1.30 bits per heavy atom. The number of methoxy groups -OCH3 is 1. The molecule has 0 N–H and O–H groups in total. The minimum absolute atomic E-state index is 0.238. The maximum absolute atomic E-state index is 12.0. The number of amides is 1. The normalized spacial score (nSPS) is 18.4. The van der Waals surface area contributed by atoms with Crippen LogP contribution in [0.2, 0.25) is 0 Å². The molecule has 0 radical (unpaired) electrons. The lowest BCUT2D eigenvalue weighted by molar-refractivity contribution is -0.147. The second kappa shape index (κ2) is 6.93. The number of hydrogen-bond acceptors (Lipinski definition) is 4. The molecule has 0 aliphatic carbocycles. The molecule has 1 heterocycles. The van der Waals surface area contributed by atoms with E-state index in [9.17, 15) is 9.59 Å². The predicted octanol–water partition coefficient (Wildman–Crippen LogP) is 2.21. The highest BCUT2D eigenvalue weighted by Gasteiger charge is 2.29. The van der Waals surface area contributed by atoms with Gasteiger partial charge in [0.1, 0.15) is 6.61 Å². The SMILES string of the molecule is COC(=O)[C@@H]1CCCN(C(=O)OCc2ccccc2)C1. The number of rotatable bonds is 3. The molecule has 1 aromatic carbocycles. The summed E-state index contributed by atoms with van der Waals surface area (Å²) < 4.78 is 9.99. The number of benzene rings is 1. The summed E-state index contributed by atoms with van der Waals surface area (Å²) in [6.45, 7) is 1.25. The quantitative estimate of drug-likeness (QED) is 0.795. The molecule has 0 spiro atoms. The Bertz CT molecular complexity index is 460. The molecular formula is C15H19NO4. The molecule has 2 rings (SSSR count). The van der Waals surface area contributed by atoms with E-state index < -0.39 is 0 Å². The monoisotopic (exact) mass is 277 g/mol. The molecule has 1 saturated heterocycles. The first-order chi connectivity index (χ1) is 9.70. The van der Waals surface area contributed by atoms with E-state index in [1.54, 1.807) is 4.90 Å². The number of esters is 1. The minimum Gasteiger partial charge on any atom is -0.469 e. The number of piperidine rings is 1. The van der Waals surface area contributed by atoms with Gasteiger partial charge in [-0.25, -0.2) is 4.79 Å². The molecule has 1 aliphatic rings. The van der Waals surface area contributed by atoms with Crippen LogP contribution in [0.4, 0.5) is 4.79 Å². The van der Waals surface area contributed by atoms with Crippen molar-refractivity contribution in [3.63, 3.8) is 0 Å². The molecule has 1 amide bonds. The number of nitrogens with zero attached hydrogens (tertiary/aromatic N) is 1. The van der Waals surface area contributed by atoms with Crippen molar-refractivity contribution in [1.82, 2.24) is 4.90 Å². The predicted molar refractivity (Wildman–Crippen MR) is 72.9 cm³/mol. The molecule has 0 unspecified atom stereocenters. The molecule has 1 aromatic rings. The average molecular weight is 277 g/mol. The van der Waals surface area contributed by atoms with Crippen LogP contribution in [-0.2, 0) is 20.9 Å². The minimum atomic E-state index is -0.373. The standard InChI is InChI=1S/C15H19NO4/c1-19-14(17)13-8-5-9-16(10-13)15(18)20-11-12-6-3-2-4-7-12/h2-4,6-7,13H,5,8-11H2,1H3/t13-/m1/s1. The van der Waals surface area contributed by atoms with Crippen LogP contribution in [-0.4, -0.2) is 37.2 Å². The van der Waals surface area contributed by atoms with Crippen molar-refractivity contribution >= 4 is 12.1 Å². The largest absolute Gasteiger partial charge is 0.469 e. The number of carbonyl (C=O) groups excluding carboxylic acids is 2. The number of ether oxygens (including phenoxy) is 2. The smallest absolute Gasteiger partial charge is 0.410 e. The summed E-state index contributed by atoms with van der Waals surface area (Å²) in [6.07, 6.45) is 1.18. The van der Waals surface area contributed by atoms with E-state index in [1.165, 1.54) is 7.11 Å². The first-order valence-electron chi connectivity index (χ1n) is 6.74. The molecule has 108 valence electrons. The molecule has 0 aromatic heterocycles. The van der Waals surface area contributed by atoms with E-state index in [0.29, 0.717) is 13.1 Å². The summed E-state index contributed by atoms with van der Waals surface area (Å²) in [6, 6.07) is 9.52. The van der Waals surface area contributed by atoms with Crippen molar-refractivity contribution in [3.8, 4) is 0 Å². The Kier molecular flexibility index (Phi) is 4.98. The topological polar surface area (TPSA) is 55.8 Å². The van der Waals surface area contributed by atoms with Gasteiger partial charge in [-0.1, -0.05) is 30.3 Å². The van der Waals surface area contributed by atoms with Crippen molar-refractivity contribution in [2.45, 2.75) is 19.4 Å². The third-order valence-electron chi connectivity index (χ3n) is 3.42. The van der Waals surface area contributed by atoms with Crippen molar-refractivity contribution in [1.29, 1.82) is 0 Å². The fraction of sp³-hybridized carbons (Fsp3) is 0.467. The van der Waals surface area contributed by atoms with Gasteiger partial charge in [-0.15, -0.1) is 0 Å². The maximum Gasteiger partial charge on any atom is 0.410 e. The summed E-state index contributed by atoms with van der Waals surface area (Å²) in [4.78, 5) is 25.1. The highest BCUT2D eigenvalue weighted by atomic mass is 16.6. The summed E-state index contributed by atoms with van der Waals surface area (Å²) in [5, 5.41) is 0. The van der Waals surface area contributed by atoms with E-state index in [1.807, 2.05) is 30.3 Å². The first kappa shape index (κ1) is 14.4. The lowest BCUT2D eigenvalue weighted by Crippen LogP contribution is -2.42. The third-order valence-corrected chi connectivity index (χ3v) is 3.42.